The highest BCUT2D eigenvalue weighted by Crippen LogP contribution is 2.25. The van der Waals surface area contributed by atoms with E-state index in [-0.39, 0.29) is 13.1 Å². The first-order valence-corrected chi connectivity index (χ1v) is 6.26. The van der Waals surface area contributed by atoms with Crippen molar-refractivity contribution < 1.29 is 19.4 Å². The number of benzene rings is 1. The molecule has 1 amide bonds. The van der Waals surface area contributed by atoms with E-state index in [1.54, 1.807) is 19.2 Å². The normalized spacial score (nSPS) is 10.5. The summed E-state index contributed by atoms with van der Waals surface area (Å²) in [6.45, 7) is -0.0274. The van der Waals surface area contributed by atoms with E-state index in [1.807, 2.05) is 6.07 Å². The van der Waals surface area contributed by atoms with E-state index in [2.05, 4.69) is 15.9 Å². The van der Waals surface area contributed by atoms with Crippen molar-refractivity contribution in [3.63, 3.8) is 0 Å². The van der Waals surface area contributed by atoms with E-state index in [0.717, 1.165) is 10.0 Å². The topological polar surface area (TPSA) is 92.9 Å². The molecule has 1 aromatic rings. The molecule has 0 radical (unpaired) electrons. The Labute approximate surface area is 119 Å². The molecular formula is C12H15BrN2O4. The molecule has 0 fully saturated rings. The van der Waals surface area contributed by atoms with Gasteiger partial charge in [0.2, 0.25) is 5.91 Å². The molecule has 1 aromatic carbocycles. The highest BCUT2D eigenvalue weighted by atomic mass is 79.9. The SMILES string of the molecule is COc1ccc(CN(CC(N)=O)CC(=O)O)cc1Br. The number of nitrogens with two attached hydrogens (primary N) is 1. The van der Waals surface area contributed by atoms with Crippen LogP contribution in [0.15, 0.2) is 22.7 Å². The average molecular weight is 331 g/mol. The van der Waals surface area contributed by atoms with Gasteiger partial charge in [-0.2, -0.15) is 0 Å². The van der Waals surface area contributed by atoms with Crippen LogP contribution in [-0.4, -0.2) is 42.1 Å². The summed E-state index contributed by atoms with van der Waals surface area (Å²) in [7, 11) is 1.56. The van der Waals surface area contributed by atoms with Crippen molar-refractivity contribution >= 4 is 27.8 Å². The van der Waals surface area contributed by atoms with Gasteiger partial charge in [-0.1, -0.05) is 6.07 Å². The maximum atomic E-state index is 10.9. The smallest absolute Gasteiger partial charge is 0.317 e. The molecule has 0 aromatic heterocycles. The first-order chi connectivity index (χ1) is 8.92. The molecule has 0 unspecified atom stereocenters. The first-order valence-electron chi connectivity index (χ1n) is 5.47. The Morgan fingerprint density at radius 2 is 2.11 bits per heavy atom. The molecule has 0 bridgehead atoms. The third-order valence-corrected chi connectivity index (χ3v) is 2.98. The third kappa shape index (κ3) is 5.27. The Hall–Kier alpha value is -1.60. The summed E-state index contributed by atoms with van der Waals surface area (Å²) >= 11 is 3.35. The zero-order chi connectivity index (χ0) is 14.4. The number of methoxy groups -OCH3 is 1. The van der Waals surface area contributed by atoms with E-state index < -0.39 is 11.9 Å². The second kappa shape index (κ2) is 7.10. The number of hydrogen-bond acceptors (Lipinski definition) is 4. The summed E-state index contributed by atoms with van der Waals surface area (Å²) in [5, 5.41) is 8.79. The standard InChI is InChI=1S/C12H15BrN2O4/c1-19-10-3-2-8(4-9(10)13)5-15(6-11(14)16)7-12(17)18/h2-4H,5-7H2,1H3,(H2,14,16)(H,17,18). The van der Waals surface area contributed by atoms with Gasteiger partial charge < -0.3 is 15.6 Å². The van der Waals surface area contributed by atoms with Gasteiger partial charge in [-0.05, 0) is 33.6 Å². The van der Waals surface area contributed by atoms with E-state index in [4.69, 9.17) is 15.6 Å². The van der Waals surface area contributed by atoms with Crippen LogP contribution >= 0.6 is 15.9 Å². The molecule has 0 spiro atoms. The third-order valence-electron chi connectivity index (χ3n) is 2.36. The zero-order valence-electron chi connectivity index (χ0n) is 10.4. The van der Waals surface area contributed by atoms with E-state index in [9.17, 15) is 9.59 Å². The number of rotatable bonds is 7. The minimum Gasteiger partial charge on any atom is -0.496 e. The summed E-state index contributed by atoms with van der Waals surface area (Å²) in [5.41, 5.74) is 5.95. The molecule has 7 heteroatoms. The van der Waals surface area contributed by atoms with Gasteiger partial charge in [0.1, 0.15) is 5.75 Å². The van der Waals surface area contributed by atoms with Gasteiger partial charge in [0.25, 0.3) is 0 Å². The predicted octanol–water partition coefficient (Wildman–Crippen LogP) is 0.830. The van der Waals surface area contributed by atoms with Crippen LogP contribution in [0.5, 0.6) is 5.75 Å². The highest BCUT2D eigenvalue weighted by molar-refractivity contribution is 9.10. The number of nitrogens with zero attached hydrogens (tertiary/aromatic N) is 1. The number of carboxylic acids is 1. The number of amides is 1. The Bertz CT molecular complexity index is 463. The molecule has 104 valence electrons. The molecule has 0 saturated carbocycles. The molecule has 3 N–H and O–H groups in total. The zero-order valence-corrected chi connectivity index (χ0v) is 12.0. The predicted molar refractivity (Wildman–Crippen MR) is 72.8 cm³/mol. The van der Waals surface area contributed by atoms with Gasteiger partial charge in [-0.25, -0.2) is 0 Å². The molecule has 19 heavy (non-hydrogen) atoms. The van der Waals surface area contributed by atoms with Crippen molar-refractivity contribution in [2.45, 2.75) is 6.54 Å². The highest BCUT2D eigenvalue weighted by Gasteiger charge is 2.13. The molecule has 0 aliphatic rings. The maximum Gasteiger partial charge on any atom is 0.317 e. The number of ether oxygens (including phenoxy) is 1. The summed E-state index contributed by atoms with van der Waals surface area (Å²) in [6.07, 6.45) is 0. The second-order valence-electron chi connectivity index (χ2n) is 3.97. The quantitative estimate of drug-likeness (QED) is 0.772. The molecule has 0 saturated heterocycles. The lowest BCUT2D eigenvalue weighted by atomic mass is 10.2. The summed E-state index contributed by atoms with van der Waals surface area (Å²) in [6, 6.07) is 5.39. The monoisotopic (exact) mass is 330 g/mol. The summed E-state index contributed by atoms with van der Waals surface area (Å²) < 4.78 is 5.87. The summed E-state index contributed by atoms with van der Waals surface area (Å²) in [5.74, 6) is -0.883. The lowest BCUT2D eigenvalue weighted by molar-refractivity contribution is -0.138. The number of carbonyl (C=O) groups excluding carboxylic acids is 1. The Morgan fingerprint density at radius 1 is 1.42 bits per heavy atom. The second-order valence-corrected chi connectivity index (χ2v) is 4.83. The van der Waals surface area contributed by atoms with Crippen LogP contribution < -0.4 is 10.5 Å². The van der Waals surface area contributed by atoms with Crippen molar-refractivity contribution in [3.8, 4) is 5.75 Å². The number of carbonyl (C=O) groups is 2. The molecular weight excluding hydrogens is 316 g/mol. The minimum absolute atomic E-state index is 0.101. The Kier molecular flexibility index (Phi) is 5.78. The van der Waals surface area contributed by atoms with Gasteiger partial charge in [0, 0.05) is 6.54 Å². The van der Waals surface area contributed by atoms with Gasteiger partial charge in [-0.15, -0.1) is 0 Å². The van der Waals surface area contributed by atoms with Crippen molar-refractivity contribution in [2.24, 2.45) is 5.73 Å². The minimum atomic E-state index is -1.01. The van der Waals surface area contributed by atoms with Crippen LogP contribution in [0.1, 0.15) is 5.56 Å². The molecule has 6 nitrogen and oxygen atoms in total. The molecule has 0 aliphatic heterocycles. The number of aliphatic carboxylic acids is 1. The Balaban J connectivity index is 2.80. The van der Waals surface area contributed by atoms with Crippen molar-refractivity contribution in [3.05, 3.63) is 28.2 Å². The molecule has 0 aliphatic carbocycles. The molecule has 0 atom stereocenters. The van der Waals surface area contributed by atoms with E-state index in [1.165, 1.54) is 4.90 Å². The Morgan fingerprint density at radius 3 is 2.58 bits per heavy atom. The van der Waals surface area contributed by atoms with Crippen molar-refractivity contribution in [1.29, 1.82) is 0 Å². The lowest BCUT2D eigenvalue weighted by Gasteiger charge is -2.18. The van der Waals surface area contributed by atoms with Gasteiger partial charge >= 0.3 is 5.97 Å². The van der Waals surface area contributed by atoms with Crippen LogP contribution in [-0.2, 0) is 16.1 Å². The fourth-order valence-corrected chi connectivity index (χ4v) is 2.23. The van der Waals surface area contributed by atoms with Crippen LogP contribution in [0.25, 0.3) is 0 Å². The largest absolute Gasteiger partial charge is 0.496 e. The lowest BCUT2D eigenvalue weighted by Crippen LogP contribution is -2.36. The van der Waals surface area contributed by atoms with Crippen LogP contribution in [0.4, 0.5) is 0 Å². The number of carboxylic acid groups (broad SMARTS) is 1. The number of hydrogen-bond donors (Lipinski definition) is 2. The van der Waals surface area contributed by atoms with Crippen LogP contribution in [0.2, 0.25) is 0 Å². The van der Waals surface area contributed by atoms with Crippen LogP contribution in [0, 0.1) is 0 Å². The number of primary amides is 1. The number of halogens is 1. The van der Waals surface area contributed by atoms with Gasteiger partial charge in [-0.3, -0.25) is 14.5 Å². The molecule has 0 heterocycles. The first kappa shape index (κ1) is 15.5. The van der Waals surface area contributed by atoms with E-state index >= 15 is 0 Å². The van der Waals surface area contributed by atoms with Gasteiger partial charge in [0.05, 0.1) is 24.7 Å². The average Bonchev–Trinajstić information content (AvgIpc) is 2.27. The van der Waals surface area contributed by atoms with E-state index in [0.29, 0.717) is 12.3 Å². The van der Waals surface area contributed by atoms with Crippen LogP contribution in [0.3, 0.4) is 0 Å². The maximum absolute atomic E-state index is 10.9. The fraction of sp³-hybridized carbons (Fsp3) is 0.333. The molecule has 1 rings (SSSR count). The van der Waals surface area contributed by atoms with Gasteiger partial charge in [0.15, 0.2) is 0 Å². The van der Waals surface area contributed by atoms with Crippen molar-refractivity contribution in [2.75, 3.05) is 20.2 Å². The van der Waals surface area contributed by atoms with Crippen molar-refractivity contribution in [1.82, 2.24) is 4.90 Å². The fourth-order valence-electron chi connectivity index (χ4n) is 1.65. The summed E-state index contributed by atoms with van der Waals surface area (Å²) in [4.78, 5) is 23.1.